The molecular weight excluding hydrogens is 364 g/mol. The van der Waals surface area contributed by atoms with Crippen molar-refractivity contribution in [3.8, 4) is 6.07 Å². The molecule has 0 amide bonds. The third kappa shape index (κ3) is 3.24. The standard InChI is InChI=1S/C12H7BrN2O5S/c13-8-2-1-7(6-14)9(5-8)15-21(18,19)11-4-3-10(20-11)12(16)17/h1-5,15H,(H,16,17). The smallest absolute Gasteiger partial charge is 0.371 e. The zero-order chi connectivity index (χ0) is 15.6. The molecule has 1 aromatic carbocycles. The molecule has 0 aliphatic rings. The summed E-state index contributed by atoms with van der Waals surface area (Å²) in [5, 5.41) is 17.1. The van der Waals surface area contributed by atoms with E-state index in [1.165, 1.54) is 12.1 Å². The fourth-order valence-electron chi connectivity index (χ4n) is 1.47. The highest BCUT2D eigenvalue weighted by Crippen LogP contribution is 2.24. The lowest BCUT2D eigenvalue weighted by molar-refractivity contribution is 0.0656. The average molecular weight is 371 g/mol. The summed E-state index contributed by atoms with van der Waals surface area (Å²) < 4.78 is 31.7. The number of hydrogen-bond acceptors (Lipinski definition) is 5. The van der Waals surface area contributed by atoms with E-state index in [2.05, 4.69) is 20.7 Å². The number of nitriles is 1. The van der Waals surface area contributed by atoms with Gasteiger partial charge >= 0.3 is 5.97 Å². The van der Waals surface area contributed by atoms with E-state index >= 15 is 0 Å². The second-order valence-electron chi connectivity index (χ2n) is 3.83. The minimum absolute atomic E-state index is 0.0557. The Bertz CT molecular complexity index is 851. The Kier molecular flexibility index (Phi) is 4.02. The van der Waals surface area contributed by atoms with Gasteiger partial charge in [0.05, 0.1) is 11.3 Å². The van der Waals surface area contributed by atoms with Crippen molar-refractivity contribution in [1.29, 1.82) is 5.26 Å². The average Bonchev–Trinajstić information content (AvgIpc) is 2.89. The van der Waals surface area contributed by atoms with Crippen molar-refractivity contribution in [2.45, 2.75) is 5.09 Å². The summed E-state index contributed by atoms with van der Waals surface area (Å²) in [6, 6.07) is 8.34. The summed E-state index contributed by atoms with van der Waals surface area (Å²) in [4.78, 5) is 10.7. The van der Waals surface area contributed by atoms with Gasteiger partial charge in [-0.3, -0.25) is 4.72 Å². The molecule has 0 radical (unpaired) electrons. The Morgan fingerprint density at radius 2 is 2.05 bits per heavy atom. The molecule has 2 aromatic rings. The van der Waals surface area contributed by atoms with E-state index in [1.807, 2.05) is 6.07 Å². The van der Waals surface area contributed by atoms with Crippen LogP contribution in [0.5, 0.6) is 0 Å². The van der Waals surface area contributed by atoms with Gasteiger partial charge in [0.2, 0.25) is 10.9 Å². The fraction of sp³-hybridized carbons (Fsp3) is 0. The van der Waals surface area contributed by atoms with Gasteiger partial charge < -0.3 is 9.52 Å². The van der Waals surface area contributed by atoms with Crippen LogP contribution in [-0.2, 0) is 10.0 Å². The SMILES string of the molecule is N#Cc1ccc(Br)cc1NS(=O)(=O)c1ccc(C(=O)O)o1. The Hall–Kier alpha value is -2.31. The van der Waals surface area contributed by atoms with Crippen LogP contribution in [0.1, 0.15) is 16.1 Å². The van der Waals surface area contributed by atoms with Gasteiger partial charge in [0.15, 0.2) is 0 Å². The number of rotatable bonds is 4. The number of sulfonamides is 1. The minimum Gasteiger partial charge on any atom is -0.475 e. The maximum Gasteiger partial charge on any atom is 0.371 e. The molecule has 1 aromatic heterocycles. The highest BCUT2D eigenvalue weighted by atomic mass is 79.9. The number of furan rings is 1. The van der Waals surface area contributed by atoms with Crippen LogP contribution in [-0.4, -0.2) is 19.5 Å². The molecule has 9 heteroatoms. The van der Waals surface area contributed by atoms with Crippen LogP contribution >= 0.6 is 15.9 Å². The fourth-order valence-corrected chi connectivity index (χ4v) is 2.84. The van der Waals surface area contributed by atoms with Gasteiger partial charge in [-0.25, -0.2) is 4.79 Å². The molecule has 0 atom stereocenters. The van der Waals surface area contributed by atoms with Gasteiger partial charge in [-0.05, 0) is 30.3 Å². The van der Waals surface area contributed by atoms with Crippen LogP contribution < -0.4 is 4.72 Å². The summed E-state index contributed by atoms with van der Waals surface area (Å²) in [5.41, 5.74) is 0.173. The number of anilines is 1. The number of aromatic carboxylic acids is 1. The van der Waals surface area contributed by atoms with Gasteiger partial charge in [-0.2, -0.15) is 13.7 Å². The van der Waals surface area contributed by atoms with Crippen molar-refractivity contribution in [2.24, 2.45) is 0 Å². The zero-order valence-corrected chi connectivity index (χ0v) is 12.6. The summed E-state index contributed by atoms with van der Waals surface area (Å²) >= 11 is 3.17. The van der Waals surface area contributed by atoms with Crippen LogP contribution in [0.3, 0.4) is 0 Å². The van der Waals surface area contributed by atoms with Crippen molar-refractivity contribution in [3.05, 3.63) is 46.1 Å². The minimum atomic E-state index is -4.13. The summed E-state index contributed by atoms with van der Waals surface area (Å²) in [6.07, 6.45) is 0. The third-order valence-corrected chi connectivity index (χ3v) is 4.13. The normalized spacial score (nSPS) is 10.9. The predicted molar refractivity (Wildman–Crippen MR) is 75.3 cm³/mol. The predicted octanol–water partition coefficient (Wildman–Crippen LogP) is 2.41. The van der Waals surface area contributed by atoms with Crippen molar-refractivity contribution < 1.29 is 22.7 Å². The molecular formula is C12H7BrN2O5S. The molecule has 108 valence electrons. The van der Waals surface area contributed by atoms with Crippen LogP contribution in [0.15, 0.2) is 44.3 Å². The van der Waals surface area contributed by atoms with E-state index in [0.29, 0.717) is 4.47 Å². The topological polar surface area (TPSA) is 120 Å². The molecule has 0 aliphatic carbocycles. The number of benzene rings is 1. The van der Waals surface area contributed by atoms with Gasteiger partial charge in [0.25, 0.3) is 10.0 Å². The van der Waals surface area contributed by atoms with E-state index in [9.17, 15) is 13.2 Å². The number of carboxylic acids is 1. The molecule has 2 N–H and O–H groups in total. The first kappa shape index (κ1) is 15.1. The molecule has 21 heavy (non-hydrogen) atoms. The maximum absolute atomic E-state index is 12.1. The zero-order valence-electron chi connectivity index (χ0n) is 10.2. The first-order valence-electron chi connectivity index (χ1n) is 5.39. The molecule has 0 saturated heterocycles. The van der Waals surface area contributed by atoms with Gasteiger partial charge in [-0.1, -0.05) is 15.9 Å². The molecule has 0 unspecified atom stereocenters. The first-order valence-corrected chi connectivity index (χ1v) is 7.67. The molecule has 2 rings (SSSR count). The molecule has 0 aliphatic heterocycles. The second kappa shape index (κ2) is 5.59. The molecule has 1 heterocycles. The largest absolute Gasteiger partial charge is 0.475 e. The van der Waals surface area contributed by atoms with Crippen LogP contribution in [0.2, 0.25) is 0 Å². The molecule has 0 fully saturated rings. The van der Waals surface area contributed by atoms with Crippen molar-refractivity contribution in [2.75, 3.05) is 4.72 Å². The summed E-state index contributed by atoms with van der Waals surface area (Å²) in [7, 11) is -4.13. The van der Waals surface area contributed by atoms with E-state index in [1.54, 1.807) is 6.07 Å². The highest BCUT2D eigenvalue weighted by molar-refractivity contribution is 9.10. The lowest BCUT2D eigenvalue weighted by Crippen LogP contribution is -2.13. The monoisotopic (exact) mass is 370 g/mol. The Labute approximate surface area is 128 Å². The third-order valence-electron chi connectivity index (χ3n) is 2.40. The summed E-state index contributed by atoms with van der Waals surface area (Å²) in [5.74, 6) is -1.87. The van der Waals surface area contributed by atoms with E-state index < -0.39 is 26.8 Å². The number of hydrogen-bond donors (Lipinski definition) is 2. The Morgan fingerprint density at radius 3 is 2.62 bits per heavy atom. The van der Waals surface area contributed by atoms with Crippen molar-refractivity contribution >= 4 is 37.6 Å². The van der Waals surface area contributed by atoms with Crippen molar-refractivity contribution in [1.82, 2.24) is 0 Å². The van der Waals surface area contributed by atoms with Crippen molar-refractivity contribution in [3.63, 3.8) is 0 Å². The number of carbonyl (C=O) groups is 1. The quantitative estimate of drug-likeness (QED) is 0.852. The van der Waals surface area contributed by atoms with Crippen LogP contribution in [0.25, 0.3) is 0 Å². The van der Waals surface area contributed by atoms with E-state index in [0.717, 1.165) is 12.1 Å². The molecule has 0 spiro atoms. The van der Waals surface area contributed by atoms with Crippen LogP contribution in [0.4, 0.5) is 5.69 Å². The number of carboxylic acid groups (broad SMARTS) is 1. The number of nitrogens with zero attached hydrogens (tertiary/aromatic N) is 1. The van der Waals surface area contributed by atoms with E-state index in [-0.39, 0.29) is 11.3 Å². The molecule has 7 nitrogen and oxygen atoms in total. The number of nitrogens with one attached hydrogen (secondary N) is 1. The Morgan fingerprint density at radius 1 is 1.33 bits per heavy atom. The van der Waals surface area contributed by atoms with Gasteiger partial charge in [0, 0.05) is 4.47 Å². The maximum atomic E-state index is 12.1. The molecule has 0 bridgehead atoms. The lowest BCUT2D eigenvalue weighted by atomic mass is 10.2. The first-order chi connectivity index (χ1) is 9.83. The Balaban J connectivity index is 2.40. The second-order valence-corrected chi connectivity index (χ2v) is 6.36. The highest BCUT2D eigenvalue weighted by Gasteiger charge is 2.22. The van der Waals surface area contributed by atoms with Gasteiger partial charge in [0.1, 0.15) is 6.07 Å². The summed E-state index contributed by atoms with van der Waals surface area (Å²) in [6.45, 7) is 0. The van der Waals surface area contributed by atoms with Gasteiger partial charge in [-0.15, -0.1) is 0 Å². The lowest BCUT2D eigenvalue weighted by Gasteiger charge is -2.07. The molecule has 0 saturated carbocycles. The van der Waals surface area contributed by atoms with E-state index in [4.69, 9.17) is 14.8 Å². The van der Waals surface area contributed by atoms with Crippen LogP contribution in [0, 0.1) is 11.3 Å². The number of halogens is 1.